The second kappa shape index (κ2) is 5.58. The number of nitrogens with two attached hydrogens (primary N) is 1. The van der Waals surface area contributed by atoms with E-state index in [-0.39, 0.29) is 22.4 Å². The molecule has 1 aliphatic carbocycles. The van der Waals surface area contributed by atoms with Crippen LogP contribution in [0.3, 0.4) is 0 Å². The van der Waals surface area contributed by atoms with Crippen LogP contribution >= 0.6 is 0 Å². The number of halogens is 1. The van der Waals surface area contributed by atoms with Crippen molar-refractivity contribution in [2.24, 2.45) is 11.1 Å². The molecule has 5 nitrogen and oxygen atoms in total. The Labute approximate surface area is 136 Å². The molecule has 1 saturated carbocycles. The molecular weight excluding hydrogens is 295 g/mol. The summed E-state index contributed by atoms with van der Waals surface area (Å²) in [4.78, 5) is 21.7. The van der Waals surface area contributed by atoms with Gasteiger partial charge in [0.1, 0.15) is 6.17 Å². The predicted octanol–water partition coefficient (Wildman–Crippen LogP) is 2.11. The van der Waals surface area contributed by atoms with Gasteiger partial charge in [-0.05, 0) is 31.1 Å². The predicted molar refractivity (Wildman–Crippen MR) is 89.5 cm³/mol. The summed E-state index contributed by atoms with van der Waals surface area (Å²) in [6.07, 6.45) is 3.67. The van der Waals surface area contributed by atoms with Crippen LogP contribution in [0.2, 0.25) is 0 Å². The molecule has 1 aliphatic heterocycles. The number of nitrogens with one attached hydrogen (secondary N) is 1. The van der Waals surface area contributed by atoms with Gasteiger partial charge in [0.15, 0.2) is 5.82 Å². The average molecular weight is 322 g/mol. The van der Waals surface area contributed by atoms with E-state index in [1.54, 1.807) is 6.20 Å². The molecule has 3 rings (SSSR count). The second-order valence-corrected chi connectivity index (χ2v) is 8.19. The lowest BCUT2D eigenvalue weighted by Gasteiger charge is -2.42. The van der Waals surface area contributed by atoms with E-state index in [0.29, 0.717) is 31.7 Å². The SMILES string of the molecule is CC(C)(C)c1cnc(N2CCC3(CC2)CC(F)C[C@H]3N)c(=O)[nH]1. The molecule has 2 fully saturated rings. The first-order valence-corrected chi connectivity index (χ1v) is 8.46. The number of aromatic amines is 1. The zero-order chi connectivity index (χ0) is 16.8. The molecular formula is C17H27FN4O. The minimum absolute atomic E-state index is 0.0610. The van der Waals surface area contributed by atoms with Gasteiger partial charge in [0, 0.05) is 36.4 Å². The third kappa shape index (κ3) is 3.01. The minimum Gasteiger partial charge on any atom is -0.352 e. The Balaban J connectivity index is 1.75. The fourth-order valence-electron chi connectivity index (χ4n) is 3.94. The molecule has 0 bridgehead atoms. The van der Waals surface area contributed by atoms with Gasteiger partial charge in [-0.3, -0.25) is 4.79 Å². The number of anilines is 1. The van der Waals surface area contributed by atoms with Gasteiger partial charge in [0.25, 0.3) is 5.56 Å². The van der Waals surface area contributed by atoms with Crippen LogP contribution in [0.25, 0.3) is 0 Å². The van der Waals surface area contributed by atoms with Crippen LogP contribution in [0.4, 0.5) is 10.2 Å². The Morgan fingerprint density at radius 1 is 1.39 bits per heavy atom. The van der Waals surface area contributed by atoms with Gasteiger partial charge in [-0.15, -0.1) is 0 Å². The molecule has 1 saturated heterocycles. The highest BCUT2D eigenvalue weighted by molar-refractivity contribution is 5.37. The Morgan fingerprint density at radius 3 is 2.52 bits per heavy atom. The quantitative estimate of drug-likeness (QED) is 0.830. The number of rotatable bonds is 1. The zero-order valence-electron chi connectivity index (χ0n) is 14.2. The van der Waals surface area contributed by atoms with Gasteiger partial charge >= 0.3 is 0 Å². The molecule has 0 radical (unpaired) electrons. The number of aromatic nitrogens is 2. The Bertz CT molecular complexity index is 628. The van der Waals surface area contributed by atoms with Crippen molar-refractivity contribution in [1.29, 1.82) is 0 Å². The van der Waals surface area contributed by atoms with Crippen molar-refractivity contribution in [2.75, 3.05) is 18.0 Å². The fraction of sp³-hybridized carbons (Fsp3) is 0.765. The van der Waals surface area contributed by atoms with Crippen LogP contribution in [0.1, 0.15) is 52.1 Å². The molecule has 2 atom stereocenters. The summed E-state index contributed by atoms with van der Waals surface area (Å²) in [5.74, 6) is 0.469. The third-order valence-electron chi connectivity index (χ3n) is 5.56. The lowest BCUT2D eigenvalue weighted by molar-refractivity contribution is 0.184. The summed E-state index contributed by atoms with van der Waals surface area (Å²) in [5.41, 5.74) is 6.64. The number of nitrogens with zero attached hydrogens (tertiary/aromatic N) is 2. The van der Waals surface area contributed by atoms with E-state index in [2.05, 4.69) is 9.97 Å². The van der Waals surface area contributed by atoms with Crippen LogP contribution in [-0.2, 0) is 5.41 Å². The van der Waals surface area contributed by atoms with Gasteiger partial charge in [-0.25, -0.2) is 9.37 Å². The number of hydrogen-bond donors (Lipinski definition) is 2. The van der Waals surface area contributed by atoms with E-state index < -0.39 is 6.17 Å². The van der Waals surface area contributed by atoms with Crippen molar-refractivity contribution in [3.63, 3.8) is 0 Å². The lowest BCUT2D eigenvalue weighted by Crippen LogP contribution is -2.48. The molecule has 0 amide bonds. The molecule has 1 aromatic rings. The Morgan fingerprint density at radius 2 is 2.04 bits per heavy atom. The monoisotopic (exact) mass is 322 g/mol. The molecule has 3 N–H and O–H groups in total. The maximum Gasteiger partial charge on any atom is 0.291 e. The molecule has 2 aliphatic rings. The van der Waals surface area contributed by atoms with Crippen LogP contribution in [0.15, 0.2) is 11.0 Å². The highest BCUT2D eigenvalue weighted by Gasteiger charge is 2.47. The number of H-pyrrole nitrogens is 1. The second-order valence-electron chi connectivity index (χ2n) is 8.19. The molecule has 23 heavy (non-hydrogen) atoms. The average Bonchev–Trinajstić information content (AvgIpc) is 2.73. The molecule has 128 valence electrons. The minimum atomic E-state index is -0.774. The van der Waals surface area contributed by atoms with Gasteiger partial charge in [-0.2, -0.15) is 0 Å². The zero-order valence-corrected chi connectivity index (χ0v) is 14.2. The van der Waals surface area contributed by atoms with Crippen molar-refractivity contribution in [1.82, 2.24) is 9.97 Å². The number of piperidine rings is 1. The van der Waals surface area contributed by atoms with Crippen molar-refractivity contribution in [2.45, 2.75) is 64.1 Å². The normalized spacial score (nSPS) is 27.6. The topological polar surface area (TPSA) is 75.0 Å². The van der Waals surface area contributed by atoms with E-state index >= 15 is 0 Å². The van der Waals surface area contributed by atoms with Crippen molar-refractivity contribution >= 4 is 5.82 Å². The summed E-state index contributed by atoms with van der Waals surface area (Å²) in [7, 11) is 0. The van der Waals surface area contributed by atoms with E-state index in [1.807, 2.05) is 25.7 Å². The first-order chi connectivity index (χ1) is 10.7. The van der Waals surface area contributed by atoms with E-state index in [1.165, 1.54) is 0 Å². The van der Waals surface area contributed by atoms with Crippen LogP contribution in [0.5, 0.6) is 0 Å². The fourth-order valence-corrected chi connectivity index (χ4v) is 3.94. The molecule has 1 spiro atoms. The van der Waals surface area contributed by atoms with Gasteiger partial charge in [0.05, 0.1) is 0 Å². The summed E-state index contributed by atoms with van der Waals surface area (Å²) in [6.45, 7) is 7.55. The van der Waals surface area contributed by atoms with E-state index in [4.69, 9.17) is 5.73 Å². The van der Waals surface area contributed by atoms with Crippen LogP contribution < -0.4 is 16.2 Å². The number of hydrogen-bond acceptors (Lipinski definition) is 4. The summed E-state index contributed by atoms with van der Waals surface area (Å²) < 4.78 is 13.7. The first-order valence-electron chi connectivity index (χ1n) is 8.46. The first kappa shape index (κ1) is 16.4. The summed E-state index contributed by atoms with van der Waals surface area (Å²) in [5, 5.41) is 0. The molecule has 0 aromatic carbocycles. The van der Waals surface area contributed by atoms with Gasteiger partial charge < -0.3 is 15.6 Å². The molecule has 2 heterocycles. The Hall–Kier alpha value is -1.43. The maximum absolute atomic E-state index is 13.7. The largest absolute Gasteiger partial charge is 0.352 e. The van der Waals surface area contributed by atoms with E-state index in [9.17, 15) is 9.18 Å². The Kier molecular flexibility index (Phi) is 3.99. The summed E-state index contributed by atoms with van der Waals surface area (Å²) >= 11 is 0. The van der Waals surface area contributed by atoms with Gasteiger partial charge in [-0.1, -0.05) is 20.8 Å². The maximum atomic E-state index is 13.7. The number of alkyl halides is 1. The van der Waals surface area contributed by atoms with Crippen LogP contribution in [0, 0.1) is 5.41 Å². The highest BCUT2D eigenvalue weighted by Crippen LogP contribution is 2.46. The van der Waals surface area contributed by atoms with Gasteiger partial charge in [0.2, 0.25) is 0 Å². The van der Waals surface area contributed by atoms with Crippen molar-refractivity contribution in [3.05, 3.63) is 22.2 Å². The molecule has 6 heteroatoms. The molecule has 1 unspecified atom stereocenters. The van der Waals surface area contributed by atoms with E-state index in [0.717, 1.165) is 18.5 Å². The summed E-state index contributed by atoms with van der Waals surface area (Å²) in [6, 6.07) is -0.0610. The van der Waals surface area contributed by atoms with Crippen LogP contribution in [-0.4, -0.2) is 35.3 Å². The lowest BCUT2D eigenvalue weighted by atomic mass is 9.74. The molecule has 1 aromatic heterocycles. The highest BCUT2D eigenvalue weighted by atomic mass is 19.1. The third-order valence-corrected chi connectivity index (χ3v) is 5.56. The van der Waals surface area contributed by atoms with Crippen molar-refractivity contribution in [3.8, 4) is 0 Å². The smallest absolute Gasteiger partial charge is 0.291 e. The van der Waals surface area contributed by atoms with Crippen molar-refractivity contribution < 1.29 is 4.39 Å². The standard InChI is InChI=1S/C17H27FN4O/c1-16(2,3)13-10-20-14(15(23)21-13)22-6-4-17(5-7-22)9-11(18)8-12(17)19/h10-12H,4-9,19H2,1-3H3,(H,21,23)/t11?,12-/m1/s1.